The zero-order chi connectivity index (χ0) is 22.8. The van der Waals surface area contributed by atoms with E-state index >= 15 is 0 Å². The highest BCUT2D eigenvalue weighted by Gasteiger charge is 2.65. The van der Waals surface area contributed by atoms with Crippen molar-refractivity contribution < 1.29 is 5.11 Å². The van der Waals surface area contributed by atoms with Gasteiger partial charge in [-0.15, -0.1) is 0 Å². The smallest absolute Gasteiger partial charge is 0.0594 e. The van der Waals surface area contributed by atoms with E-state index in [9.17, 15) is 5.11 Å². The molecule has 0 bridgehead atoms. The second kappa shape index (κ2) is 7.75. The summed E-state index contributed by atoms with van der Waals surface area (Å²) in [5.41, 5.74) is 2.99. The first-order valence-electron chi connectivity index (χ1n) is 13.4. The average molecular weight is 427 g/mol. The van der Waals surface area contributed by atoms with Crippen molar-refractivity contribution >= 4 is 0 Å². The van der Waals surface area contributed by atoms with Gasteiger partial charge in [0.1, 0.15) is 0 Å². The fourth-order valence-corrected chi connectivity index (χ4v) is 9.28. The molecule has 0 aromatic heterocycles. The van der Waals surface area contributed by atoms with Crippen LogP contribution < -0.4 is 0 Å². The van der Waals surface area contributed by atoms with E-state index in [2.05, 4.69) is 73.6 Å². The molecule has 0 aliphatic heterocycles. The largest absolute Gasteiger partial charge is 0.393 e. The molecule has 0 radical (unpaired) electrons. The lowest BCUT2D eigenvalue weighted by Crippen LogP contribution is -2.58. The second-order valence-electron chi connectivity index (χ2n) is 13.7. The molecule has 0 saturated heterocycles. The highest BCUT2D eigenvalue weighted by atomic mass is 16.3. The Balaban J connectivity index is 1.64. The van der Waals surface area contributed by atoms with Crippen LogP contribution in [0.4, 0.5) is 0 Å². The van der Waals surface area contributed by atoms with Crippen LogP contribution >= 0.6 is 0 Å². The normalized spacial score (nSPS) is 47.6. The molecule has 1 heteroatoms. The molecule has 0 aromatic rings. The van der Waals surface area contributed by atoms with Gasteiger partial charge >= 0.3 is 0 Å². The van der Waals surface area contributed by atoms with E-state index < -0.39 is 0 Å². The van der Waals surface area contributed by atoms with Crippen LogP contribution in [0.3, 0.4) is 0 Å². The molecule has 8 atom stereocenters. The first-order valence-corrected chi connectivity index (χ1v) is 13.4. The monoisotopic (exact) mass is 426 g/mol. The first-order chi connectivity index (χ1) is 14.4. The third kappa shape index (κ3) is 3.34. The van der Waals surface area contributed by atoms with Gasteiger partial charge in [0.25, 0.3) is 0 Å². The lowest BCUT2D eigenvalue weighted by atomic mass is 9.41. The molecular formula is C30H50O. The number of allylic oxidation sites excluding steroid dienone is 4. The molecule has 3 fully saturated rings. The molecule has 4 aliphatic carbocycles. The molecule has 4 rings (SSSR count). The molecule has 0 heterocycles. The minimum atomic E-state index is -0.140. The van der Waals surface area contributed by atoms with Gasteiger partial charge in [0.05, 0.1) is 6.10 Å². The Hall–Kier alpha value is -0.560. The van der Waals surface area contributed by atoms with Crippen LogP contribution in [-0.2, 0) is 0 Å². The van der Waals surface area contributed by atoms with Crippen molar-refractivity contribution in [3.05, 3.63) is 23.8 Å². The molecule has 31 heavy (non-hydrogen) atoms. The summed E-state index contributed by atoms with van der Waals surface area (Å²) in [5.74, 6) is 3.57. The van der Waals surface area contributed by atoms with Gasteiger partial charge in [-0.05, 0) is 103 Å². The maximum atomic E-state index is 10.8. The van der Waals surface area contributed by atoms with Crippen LogP contribution in [0.1, 0.15) is 107 Å². The lowest BCUT2D eigenvalue weighted by Gasteiger charge is -2.64. The molecule has 176 valence electrons. The minimum absolute atomic E-state index is 0.0324. The van der Waals surface area contributed by atoms with Gasteiger partial charge in [0.2, 0.25) is 0 Å². The van der Waals surface area contributed by atoms with Crippen LogP contribution in [0.5, 0.6) is 0 Å². The molecular weight excluding hydrogens is 376 g/mol. The Morgan fingerprint density at radius 2 is 1.71 bits per heavy atom. The standard InChI is InChI=1S/C30H50O/c1-20(2)10-9-11-21(3)22-14-18-30(8)24-12-13-25-27(4,5)26(31)16-17-28(25,6)23(24)15-19-29(22,30)7/h9,11-12,20-23,25-26,31H,10,13-19H2,1-8H3/t21-,22-,23+,25+,26-,28-,29-,30+/m1/s1. The van der Waals surface area contributed by atoms with Crippen LogP contribution in [0.15, 0.2) is 23.8 Å². The summed E-state index contributed by atoms with van der Waals surface area (Å²) in [6.07, 6.45) is 17.6. The van der Waals surface area contributed by atoms with E-state index in [0.29, 0.717) is 28.1 Å². The van der Waals surface area contributed by atoms with Crippen molar-refractivity contribution in [2.45, 2.75) is 113 Å². The molecule has 0 aromatic carbocycles. The average Bonchev–Trinajstić information content (AvgIpc) is 2.96. The van der Waals surface area contributed by atoms with Gasteiger partial charge in [0, 0.05) is 0 Å². The second-order valence-corrected chi connectivity index (χ2v) is 13.7. The fraction of sp³-hybridized carbons (Fsp3) is 0.867. The number of fused-ring (bicyclic) bond motifs is 5. The van der Waals surface area contributed by atoms with Gasteiger partial charge in [-0.25, -0.2) is 0 Å². The molecule has 4 aliphatic rings. The zero-order valence-corrected chi connectivity index (χ0v) is 21.8. The van der Waals surface area contributed by atoms with Crippen molar-refractivity contribution in [2.75, 3.05) is 0 Å². The molecule has 1 N–H and O–H groups in total. The van der Waals surface area contributed by atoms with Crippen LogP contribution in [-0.4, -0.2) is 11.2 Å². The topological polar surface area (TPSA) is 20.2 Å². The Bertz CT molecular complexity index is 744. The van der Waals surface area contributed by atoms with Crippen molar-refractivity contribution in [2.24, 2.45) is 51.2 Å². The SMILES string of the molecule is CC(C)CC=C[C@@H](C)[C@H]1CC[C@@]2(C)C3=CC[C@H]4C(C)(C)[C@H](O)CC[C@]4(C)[C@H]3CC[C@]12C. The van der Waals surface area contributed by atoms with E-state index in [1.165, 1.54) is 44.9 Å². The quantitative estimate of drug-likeness (QED) is 0.449. The van der Waals surface area contributed by atoms with Gasteiger partial charge < -0.3 is 5.11 Å². The van der Waals surface area contributed by atoms with Crippen molar-refractivity contribution in [1.82, 2.24) is 0 Å². The number of rotatable bonds is 4. The van der Waals surface area contributed by atoms with Gasteiger partial charge in [-0.1, -0.05) is 79.2 Å². The zero-order valence-electron chi connectivity index (χ0n) is 21.8. The Labute approximate surface area is 193 Å². The van der Waals surface area contributed by atoms with Gasteiger partial charge in [0.15, 0.2) is 0 Å². The third-order valence-electron chi connectivity index (χ3n) is 11.6. The van der Waals surface area contributed by atoms with Crippen LogP contribution in [0, 0.1) is 51.2 Å². The maximum Gasteiger partial charge on any atom is 0.0594 e. The minimum Gasteiger partial charge on any atom is -0.393 e. The summed E-state index contributed by atoms with van der Waals surface area (Å²) in [4.78, 5) is 0. The van der Waals surface area contributed by atoms with Crippen LogP contribution in [0.25, 0.3) is 0 Å². The summed E-state index contributed by atoms with van der Waals surface area (Å²) >= 11 is 0. The van der Waals surface area contributed by atoms with E-state index in [1.807, 2.05) is 5.57 Å². The molecule has 0 unspecified atom stereocenters. The summed E-state index contributed by atoms with van der Waals surface area (Å²) in [7, 11) is 0. The van der Waals surface area contributed by atoms with Gasteiger partial charge in [-0.2, -0.15) is 0 Å². The van der Waals surface area contributed by atoms with Crippen molar-refractivity contribution in [3.63, 3.8) is 0 Å². The highest BCUT2D eigenvalue weighted by Crippen LogP contribution is 2.73. The number of aliphatic hydroxyl groups excluding tert-OH is 1. The Morgan fingerprint density at radius 1 is 1.00 bits per heavy atom. The molecule has 1 nitrogen and oxygen atoms in total. The summed E-state index contributed by atoms with van der Waals surface area (Å²) < 4.78 is 0. The first kappa shape index (κ1) is 23.6. The van der Waals surface area contributed by atoms with E-state index in [0.717, 1.165) is 24.2 Å². The molecule has 0 spiro atoms. The van der Waals surface area contributed by atoms with Crippen molar-refractivity contribution in [1.29, 1.82) is 0 Å². The fourth-order valence-electron chi connectivity index (χ4n) is 9.28. The molecule has 0 amide bonds. The Kier molecular flexibility index (Phi) is 5.90. The predicted octanol–water partition coefficient (Wildman–Crippen LogP) is 8.19. The Morgan fingerprint density at radius 3 is 2.39 bits per heavy atom. The van der Waals surface area contributed by atoms with Crippen LogP contribution in [0.2, 0.25) is 0 Å². The number of hydrogen-bond donors (Lipinski definition) is 1. The van der Waals surface area contributed by atoms with Gasteiger partial charge in [-0.3, -0.25) is 0 Å². The third-order valence-corrected chi connectivity index (χ3v) is 11.6. The summed E-state index contributed by atoms with van der Waals surface area (Å²) in [5, 5.41) is 10.8. The molecule has 3 saturated carbocycles. The predicted molar refractivity (Wildman–Crippen MR) is 133 cm³/mol. The highest BCUT2D eigenvalue weighted by molar-refractivity contribution is 5.33. The van der Waals surface area contributed by atoms with Crippen molar-refractivity contribution in [3.8, 4) is 0 Å². The lowest BCUT2D eigenvalue weighted by molar-refractivity contribution is -0.131. The maximum absolute atomic E-state index is 10.8. The van der Waals surface area contributed by atoms with E-state index in [4.69, 9.17) is 0 Å². The number of aliphatic hydroxyl groups is 1. The summed E-state index contributed by atoms with van der Waals surface area (Å²) in [6.45, 7) is 19.7. The van der Waals surface area contributed by atoms with E-state index in [1.54, 1.807) is 0 Å². The van der Waals surface area contributed by atoms with E-state index in [-0.39, 0.29) is 11.5 Å². The number of hydrogen-bond acceptors (Lipinski definition) is 1. The summed E-state index contributed by atoms with van der Waals surface area (Å²) in [6, 6.07) is 0.